The van der Waals surface area contributed by atoms with E-state index in [-0.39, 0.29) is 47.6 Å². The van der Waals surface area contributed by atoms with Crippen molar-refractivity contribution in [3.05, 3.63) is 25.3 Å². The highest BCUT2D eigenvalue weighted by Crippen LogP contribution is 2.72. The molecule has 4 saturated carbocycles. The van der Waals surface area contributed by atoms with Crippen LogP contribution in [0.3, 0.4) is 0 Å². The lowest BCUT2D eigenvalue weighted by molar-refractivity contribution is -0.0809. The predicted octanol–water partition coefficient (Wildman–Crippen LogP) is -4.28. The van der Waals surface area contributed by atoms with E-state index in [9.17, 15) is 30.6 Å². The zero-order valence-electron chi connectivity index (χ0n) is 24.2. The molecule has 244 valence electrons. The van der Waals surface area contributed by atoms with E-state index < -0.39 is 46.3 Å². The van der Waals surface area contributed by atoms with Crippen LogP contribution in [-0.4, -0.2) is 117 Å². The number of aliphatic hydroxyl groups excluding tert-OH is 4. The summed E-state index contributed by atoms with van der Waals surface area (Å²) in [6.45, 7) is -0.564. The molecular formula is C28H34N10O8. The van der Waals surface area contributed by atoms with Crippen LogP contribution < -0.4 is 11.5 Å². The van der Waals surface area contributed by atoms with E-state index in [0.29, 0.717) is 35.2 Å². The Labute approximate surface area is 260 Å². The van der Waals surface area contributed by atoms with E-state index in [1.807, 2.05) is 0 Å². The highest BCUT2D eigenvalue weighted by Gasteiger charge is 2.79. The van der Waals surface area contributed by atoms with Gasteiger partial charge in [0.2, 0.25) is 0 Å². The van der Waals surface area contributed by atoms with Gasteiger partial charge in [-0.25, -0.2) is 29.9 Å². The average Bonchev–Trinajstić information content (AvgIpc) is 3.78. The number of aromatic nitrogens is 8. The molecule has 8 rings (SSSR count). The molecule has 0 bridgehead atoms. The second kappa shape index (κ2) is 10.5. The van der Waals surface area contributed by atoms with Crippen LogP contribution in [-0.2, 0) is 0 Å². The van der Waals surface area contributed by atoms with Gasteiger partial charge >= 0.3 is 0 Å². The summed E-state index contributed by atoms with van der Waals surface area (Å²) in [5.41, 5.74) is 8.05. The van der Waals surface area contributed by atoms with Crippen LogP contribution in [0, 0.1) is 47.4 Å². The van der Waals surface area contributed by atoms with E-state index in [1.54, 1.807) is 9.13 Å². The molecule has 0 aromatic carbocycles. The lowest BCUT2D eigenvalue weighted by atomic mass is 9.84. The summed E-state index contributed by atoms with van der Waals surface area (Å²) in [6.07, 6.45) is 15.2. The molecule has 18 heteroatoms. The quantitative estimate of drug-likeness (QED) is 0.0981. The van der Waals surface area contributed by atoms with Gasteiger partial charge in [0.05, 0.1) is 38.0 Å². The van der Waals surface area contributed by atoms with Gasteiger partial charge in [0.1, 0.15) is 35.9 Å². The van der Waals surface area contributed by atoms with Gasteiger partial charge in [-0.3, -0.25) is 0 Å². The Bertz CT molecular complexity index is 1770. The molecule has 4 aliphatic carbocycles. The number of nitrogens with two attached hydrogens (primary N) is 2. The fourth-order valence-corrected chi connectivity index (χ4v) is 7.89. The Morgan fingerprint density at radius 3 is 1.39 bits per heavy atom. The third-order valence-corrected chi connectivity index (χ3v) is 10.5. The molecule has 4 aliphatic rings. The van der Waals surface area contributed by atoms with Crippen molar-refractivity contribution in [2.24, 2.45) is 22.7 Å². The Morgan fingerprint density at radius 2 is 1.09 bits per heavy atom. The van der Waals surface area contributed by atoms with E-state index in [1.165, 1.54) is 25.3 Å². The molecule has 0 radical (unpaired) electrons. The van der Waals surface area contributed by atoms with Crippen molar-refractivity contribution in [3.63, 3.8) is 0 Å². The third-order valence-electron chi connectivity index (χ3n) is 10.5. The molecular weight excluding hydrogens is 604 g/mol. The number of nitrogens with zero attached hydrogens (tertiary/aromatic N) is 8. The molecule has 18 nitrogen and oxygen atoms in total. The fourth-order valence-electron chi connectivity index (χ4n) is 7.89. The minimum atomic E-state index is -1.77. The largest absolute Gasteiger partial charge is 0.412 e. The normalized spacial score (nSPS) is 37.9. The Hall–Kier alpha value is -4.50. The number of fused-ring (bicyclic) bond motifs is 4. The van der Waals surface area contributed by atoms with Crippen molar-refractivity contribution in [1.82, 2.24) is 39.0 Å². The van der Waals surface area contributed by atoms with Crippen LogP contribution in [0.5, 0.6) is 0 Å². The maximum Gasteiger partial charge on any atom is 0.165 e. The average molecular weight is 639 g/mol. The molecule has 4 heterocycles. The number of anilines is 2. The van der Waals surface area contributed by atoms with E-state index >= 15 is 0 Å². The van der Waals surface area contributed by atoms with Crippen LogP contribution >= 0.6 is 0 Å². The number of imidazole rings is 2. The first-order chi connectivity index (χ1) is 21.0. The number of hydrogen-bond donors (Lipinski definition) is 8. The second-order valence-electron chi connectivity index (χ2n) is 12.1. The molecule has 14 N–H and O–H groups in total. The summed E-state index contributed by atoms with van der Waals surface area (Å²) in [5, 5.41) is 61.9. The Balaban J connectivity index is 0.000000174. The molecule has 4 aromatic heterocycles. The maximum absolute atomic E-state index is 10.7. The molecule has 0 spiro atoms. The lowest BCUT2D eigenvalue weighted by Gasteiger charge is -2.32. The van der Waals surface area contributed by atoms with Crippen LogP contribution in [0.25, 0.3) is 22.3 Å². The maximum atomic E-state index is 10.7. The topological polar surface area (TPSA) is 324 Å². The molecule has 0 amide bonds. The van der Waals surface area contributed by atoms with Crippen LogP contribution in [0.1, 0.15) is 24.9 Å². The number of rotatable bonds is 4. The molecule has 46 heavy (non-hydrogen) atoms. The zero-order valence-corrected chi connectivity index (χ0v) is 24.2. The third kappa shape index (κ3) is 3.72. The number of hydrogen-bond acceptors (Lipinski definition) is 14. The van der Waals surface area contributed by atoms with Gasteiger partial charge in [-0.1, -0.05) is 11.8 Å². The molecule has 10 atom stereocenters. The van der Waals surface area contributed by atoms with Crippen molar-refractivity contribution >= 4 is 34.0 Å². The number of terminal acetylenes is 2. The fraction of sp³-hybridized carbons (Fsp3) is 0.500. The van der Waals surface area contributed by atoms with Crippen molar-refractivity contribution < 1.29 is 41.6 Å². The highest BCUT2D eigenvalue weighted by molar-refractivity contribution is 5.82. The number of aliphatic hydroxyl groups is 6. The predicted molar refractivity (Wildman–Crippen MR) is 160 cm³/mol. The lowest BCUT2D eigenvalue weighted by Crippen LogP contribution is -2.48. The first kappa shape index (κ1) is 32.9. The van der Waals surface area contributed by atoms with Crippen LogP contribution in [0.15, 0.2) is 25.3 Å². The van der Waals surface area contributed by atoms with Crippen molar-refractivity contribution in [3.8, 4) is 24.7 Å². The first-order valence-corrected chi connectivity index (χ1v) is 13.8. The Morgan fingerprint density at radius 1 is 0.717 bits per heavy atom. The smallest absolute Gasteiger partial charge is 0.165 e. The summed E-state index contributed by atoms with van der Waals surface area (Å²) in [5.74, 6) is 4.74. The van der Waals surface area contributed by atoms with Gasteiger partial charge in [-0.05, 0) is 24.7 Å². The summed E-state index contributed by atoms with van der Waals surface area (Å²) in [7, 11) is 0. The molecule has 4 aromatic rings. The first-order valence-electron chi connectivity index (χ1n) is 13.8. The van der Waals surface area contributed by atoms with E-state index in [0.717, 1.165) is 0 Å². The molecule has 0 unspecified atom stereocenters. The zero-order chi connectivity index (χ0) is 31.4. The van der Waals surface area contributed by atoms with Gasteiger partial charge in [0, 0.05) is 10.8 Å². The van der Waals surface area contributed by atoms with Gasteiger partial charge in [-0.2, -0.15) is 0 Å². The summed E-state index contributed by atoms with van der Waals surface area (Å²) in [4.78, 5) is 24.4. The van der Waals surface area contributed by atoms with Crippen molar-refractivity contribution in [2.45, 2.75) is 48.3 Å². The van der Waals surface area contributed by atoms with Crippen LogP contribution in [0.4, 0.5) is 11.6 Å². The Kier molecular flexibility index (Phi) is 7.52. The molecule has 0 saturated heterocycles. The second-order valence-corrected chi connectivity index (χ2v) is 12.1. The summed E-state index contributed by atoms with van der Waals surface area (Å²) in [6, 6.07) is -1.04. The molecule has 0 aliphatic heterocycles. The SMILES string of the molecule is C#C[C@]1(O)[C@@H](O)[C@H](n2cnc3c(N)ncnc32)[C@H]2C[C@]21CO.C#C[C@]1(O)[C@@H](O)[C@H](n2cnc3c(N)ncnc32)[C@H]2C[C@]21CO.O.O. The van der Waals surface area contributed by atoms with Crippen LogP contribution in [0.2, 0.25) is 0 Å². The summed E-state index contributed by atoms with van der Waals surface area (Å²) >= 11 is 0. The van der Waals surface area contributed by atoms with Gasteiger partial charge in [-0.15, -0.1) is 12.8 Å². The number of nitrogen functional groups attached to an aromatic ring is 2. The van der Waals surface area contributed by atoms with E-state index in [4.69, 9.17) is 24.3 Å². The highest BCUT2D eigenvalue weighted by atomic mass is 16.4. The van der Waals surface area contributed by atoms with E-state index in [2.05, 4.69) is 41.7 Å². The summed E-state index contributed by atoms with van der Waals surface area (Å²) < 4.78 is 3.32. The minimum absolute atomic E-state index is 0. The van der Waals surface area contributed by atoms with Gasteiger partial charge in [0.15, 0.2) is 34.1 Å². The standard InChI is InChI=1S/2C14H15N5O3.2H2O/c2*1-2-14(22)10(21)9(7-3-13(7,14)4-20)19-6-18-8-11(15)16-5-17-12(8)19;;/h2*1,5-7,9-10,20-22H,3-4H2,(H2,15,16,17);2*1H2/t2*7-,9-,10+,13+,14+;;/m11../s1. The minimum Gasteiger partial charge on any atom is -0.412 e. The monoisotopic (exact) mass is 638 g/mol. The van der Waals surface area contributed by atoms with Gasteiger partial charge in [0.25, 0.3) is 0 Å². The van der Waals surface area contributed by atoms with Crippen molar-refractivity contribution in [2.75, 3.05) is 24.7 Å². The molecule has 4 fully saturated rings. The van der Waals surface area contributed by atoms with Gasteiger partial charge < -0.3 is 62.2 Å². The van der Waals surface area contributed by atoms with Crippen molar-refractivity contribution in [1.29, 1.82) is 0 Å².